The average Bonchev–Trinajstić information content (AvgIpc) is 2.87. The van der Waals surface area contributed by atoms with Crippen molar-refractivity contribution in [3.63, 3.8) is 0 Å². The molecule has 0 bridgehead atoms. The molecule has 0 aromatic carbocycles. The van der Waals surface area contributed by atoms with Crippen LogP contribution in [0.2, 0.25) is 0 Å². The van der Waals surface area contributed by atoms with Crippen LogP contribution in [-0.2, 0) is 6.42 Å². The highest BCUT2D eigenvalue weighted by Gasteiger charge is 2.31. The number of amides is 1. The van der Waals surface area contributed by atoms with Gasteiger partial charge in [0.1, 0.15) is 0 Å². The number of aliphatic hydroxyl groups excluding tert-OH is 1. The third-order valence-electron chi connectivity index (χ3n) is 4.50. The van der Waals surface area contributed by atoms with Gasteiger partial charge in [-0.15, -0.1) is 11.3 Å². The maximum atomic E-state index is 12.2. The van der Waals surface area contributed by atoms with Gasteiger partial charge < -0.3 is 10.4 Å². The van der Waals surface area contributed by atoms with Crippen molar-refractivity contribution in [2.45, 2.75) is 52.4 Å². The molecule has 1 aliphatic carbocycles. The van der Waals surface area contributed by atoms with E-state index in [0.29, 0.717) is 6.54 Å². The van der Waals surface area contributed by atoms with Crippen LogP contribution in [0, 0.1) is 12.3 Å². The van der Waals surface area contributed by atoms with E-state index in [-0.39, 0.29) is 17.9 Å². The maximum Gasteiger partial charge on any atom is 0.261 e. The minimum absolute atomic E-state index is 0.0104. The molecule has 20 heavy (non-hydrogen) atoms. The lowest BCUT2D eigenvalue weighted by molar-refractivity contribution is 0.0720. The molecule has 1 saturated carbocycles. The number of aryl methyl sites for hydroxylation is 2. The van der Waals surface area contributed by atoms with E-state index in [0.717, 1.165) is 37.0 Å². The van der Waals surface area contributed by atoms with E-state index >= 15 is 0 Å². The van der Waals surface area contributed by atoms with E-state index < -0.39 is 0 Å². The molecule has 1 aromatic rings. The van der Waals surface area contributed by atoms with Crippen molar-refractivity contribution in [2.24, 2.45) is 5.41 Å². The molecule has 0 aliphatic heterocycles. The number of rotatable bonds is 5. The summed E-state index contributed by atoms with van der Waals surface area (Å²) in [6.07, 6.45) is 6.58. The fraction of sp³-hybridized carbons (Fsp3) is 0.688. The van der Waals surface area contributed by atoms with Crippen LogP contribution in [0.15, 0.2) is 6.07 Å². The van der Waals surface area contributed by atoms with Gasteiger partial charge in [-0.05, 0) is 37.8 Å². The largest absolute Gasteiger partial charge is 0.396 e. The molecule has 1 fully saturated rings. The number of carbonyl (C=O) groups is 1. The summed E-state index contributed by atoms with van der Waals surface area (Å²) in [6.45, 7) is 4.95. The summed E-state index contributed by atoms with van der Waals surface area (Å²) in [7, 11) is 0. The van der Waals surface area contributed by atoms with Gasteiger partial charge in [0.2, 0.25) is 0 Å². The first-order valence-electron chi connectivity index (χ1n) is 7.58. The second-order valence-corrected chi connectivity index (χ2v) is 7.20. The first kappa shape index (κ1) is 15.5. The van der Waals surface area contributed by atoms with Crippen LogP contribution in [0.5, 0.6) is 0 Å². The third-order valence-corrected chi connectivity index (χ3v) is 5.59. The minimum atomic E-state index is -0.0895. The molecule has 0 unspecified atom stereocenters. The Hall–Kier alpha value is -0.870. The van der Waals surface area contributed by atoms with Gasteiger partial charge in [-0.3, -0.25) is 4.79 Å². The molecule has 0 atom stereocenters. The van der Waals surface area contributed by atoms with Gasteiger partial charge in [0, 0.05) is 16.8 Å². The van der Waals surface area contributed by atoms with Crippen molar-refractivity contribution >= 4 is 17.2 Å². The summed E-state index contributed by atoms with van der Waals surface area (Å²) in [5.74, 6) is 0.0104. The highest BCUT2D eigenvalue weighted by atomic mass is 32.1. The summed E-state index contributed by atoms with van der Waals surface area (Å²) < 4.78 is 0. The molecular formula is C16H25NO2S. The van der Waals surface area contributed by atoms with E-state index in [2.05, 4.69) is 19.2 Å². The van der Waals surface area contributed by atoms with Crippen molar-refractivity contribution in [2.75, 3.05) is 13.2 Å². The van der Waals surface area contributed by atoms with Crippen LogP contribution in [0.1, 0.15) is 59.1 Å². The van der Waals surface area contributed by atoms with Gasteiger partial charge in [0.25, 0.3) is 5.91 Å². The summed E-state index contributed by atoms with van der Waals surface area (Å²) in [6, 6.07) is 2.00. The van der Waals surface area contributed by atoms with E-state index in [9.17, 15) is 9.90 Å². The smallest absolute Gasteiger partial charge is 0.261 e. The Morgan fingerprint density at radius 1 is 1.40 bits per heavy atom. The third kappa shape index (κ3) is 3.41. The molecule has 3 nitrogen and oxygen atoms in total. The van der Waals surface area contributed by atoms with Crippen LogP contribution >= 0.6 is 11.3 Å². The second kappa shape index (κ2) is 6.72. The summed E-state index contributed by atoms with van der Waals surface area (Å²) in [5.41, 5.74) is 1.17. The number of carbonyl (C=O) groups excluding carboxylic acids is 1. The fourth-order valence-electron chi connectivity index (χ4n) is 3.03. The summed E-state index contributed by atoms with van der Waals surface area (Å²) >= 11 is 1.57. The quantitative estimate of drug-likeness (QED) is 0.875. The first-order valence-corrected chi connectivity index (χ1v) is 8.40. The van der Waals surface area contributed by atoms with Crippen LogP contribution in [-0.4, -0.2) is 24.2 Å². The normalized spacial score (nSPS) is 17.9. The van der Waals surface area contributed by atoms with E-state index in [1.165, 1.54) is 16.9 Å². The van der Waals surface area contributed by atoms with Crippen molar-refractivity contribution < 1.29 is 9.90 Å². The van der Waals surface area contributed by atoms with Gasteiger partial charge >= 0.3 is 0 Å². The average molecular weight is 295 g/mol. The van der Waals surface area contributed by atoms with Gasteiger partial charge in [0.15, 0.2) is 0 Å². The van der Waals surface area contributed by atoms with Gasteiger partial charge in [0.05, 0.1) is 11.5 Å². The molecule has 0 spiro atoms. The molecule has 4 heteroatoms. The Morgan fingerprint density at radius 2 is 2.10 bits per heavy atom. The minimum Gasteiger partial charge on any atom is -0.396 e. The molecule has 2 N–H and O–H groups in total. The zero-order valence-corrected chi connectivity index (χ0v) is 13.3. The van der Waals surface area contributed by atoms with Crippen molar-refractivity contribution in [3.05, 3.63) is 21.4 Å². The van der Waals surface area contributed by atoms with Crippen LogP contribution in [0.4, 0.5) is 0 Å². The van der Waals surface area contributed by atoms with Gasteiger partial charge in [-0.25, -0.2) is 0 Å². The predicted octanol–water partition coefficient (Wildman–Crippen LogP) is 3.29. The molecule has 1 heterocycles. The number of nitrogens with one attached hydrogen (secondary N) is 1. The lowest BCUT2D eigenvalue weighted by Crippen LogP contribution is -2.41. The highest BCUT2D eigenvalue weighted by molar-refractivity contribution is 7.14. The Morgan fingerprint density at radius 3 is 2.65 bits per heavy atom. The Bertz CT molecular complexity index is 461. The molecule has 0 saturated heterocycles. The molecular weight excluding hydrogens is 270 g/mol. The van der Waals surface area contributed by atoms with Crippen molar-refractivity contribution in [1.82, 2.24) is 5.32 Å². The zero-order chi connectivity index (χ0) is 14.6. The molecule has 1 aromatic heterocycles. The van der Waals surface area contributed by atoms with Crippen LogP contribution < -0.4 is 5.32 Å². The van der Waals surface area contributed by atoms with E-state index in [1.807, 2.05) is 6.07 Å². The molecule has 1 amide bonds. The number of thiophene rings is 1. The molecule has 1 aliphatic rings. The maximum absolute atomic E-state index is 12.2. The highest BCUT2D eigenvalue weighted by Crippen LogP contribution is 2.35. The lowest BCUT2D eigenvalue weighted by Gasteiger charge is -2.35. The summed E-state index contributed by atoms with van der Waals surface area (Å²) in [5, 5.41) is 12.7. The molecule has 2 rings (SSSR count). The predicted molar refractivity (Wildman–Crippen MR) is 83.4 cm³/mol. The fourth-order valence-corrected chi connectivity index (χ4v) is 4.06. The SMILES string of the molecule is CCc1cc(C(=O)NCC2(CO)CCCCC2)sc1C. The Labute approximate surface area is 125 Å². The van der Waals surface area contributed by atoms with Gasteiger partial charge in [-0.2, -0.15) is 0 Å². The first-order chi connectivity index (χ1) is 9.60. The van der Waals surface area contributed by atoms with Crippen molar-refractivity contribution in [3.8, 4) is 0 Å². The number of hydrogen-bond acceptors (Lipinski definition) is 3. The standard InChI is InChI=1S/C16H25NO2S/c1-3-13-9-14(20-12(13)2)15(19)17-10-16(11-18)7-5-4-6-8-16/h9,18H,3-8,10-11H2,1-2H3,(H,17,19). The van der Waals surface area contributed by atoms with Crippen molar-refractivity contribution in [1.29, 1.82) is 0 Å². The zero-order valence-electron chi connectivity index (χ0n) is 12.5. The van der Waals surface area contributed by atoms with Crippen LogP contribution in [0.25, 0.3) is 0 Å². The molecule has 112 valence electrons. The van der Waals surface area contributed by atoms with E-state index in [1.54, 1.807) is 11.3 Å². The molecule has 0 radical (unpaired) electrons. The summed E-state index contributed by atoms with van der Waals surface area (Å²) in [4.78, 5) is 14.3. The lowest BCUT2D eigenvalue weighted by atomic mass is 9.74. The second-order valence-electron chi connectivity index (χ2n) is 5.95. The number of hydrogen-bond donors (Lipinski definition) is 2. The monoisotopic (exact) mass is 295 g/mol. The Balaban J connectivity index is 1.96. The Kier molecular flexibility index (Phi) is 5.22. The van der Waals surface area contributed by atoms with Gasteiger partial charge in [-0.1, -0.05) is 26.2 Å². The van der Waals surface area contributed by atoms with E-state index in [4.69, 9.17) is 0 Å². The topological polar surface area (TPSA) is 49.3 Å². The van der Waals surface area contributed by atoms with Crippen LogP contribution in [0.3, 0.4) is 0 Å². The number of aliphatic hydroxyl groups is 1.